The van der Waals surface area contributed by atoms with E-state index in [0.717, 1.165) is 5.56 Å². The molecule has 6 nitrogen and oxygen atoms in total. The zero-order valence-electron chi connectivity index (χ0n) is 14.8. The number of hydrogen-bond donors (Lipinski definition) is 1. The highest BCUT2D eigenvalue weighted by Gasteiger charge is 2.24. The molecule has 0 radical (unpaired) electrons. The van der Waals surface area contributed by atoms with Crippen molar-refractivity contribution in [3.63, 3.8) is 0 Å². The van der Waals surface area contributed by atoms with Gasteiger partial charge in [-0.2, -0.15) is 0 Å². The Morgan fingerprint density at radius 2 is 1.96 bits per heavy atom. The monoisotopic (exact) mass is 385 g/mol. The summed E-state index contributed by atoms with van der Waals surface area (Å²) < 4.78 is 16.0. The largest absolute Gasteiger partial charge is 0.464 e. The molecule has 0 atom stereocenters. The number of ether oxygens (including phenoxy) is 2. The molecule has 0 unspecified atom stereocenters. The summed E-state index contributed by atoms with van der Waals surface area (Å²) in [4.78, 5) is 24.6. The van der Waals surface area contributed by atoms with Crippen LogP contribution in [0.15, 0.2) is 58.5 Å². The average Bonchev–Trinajstić information content (AvgIpc) is 3.32. The van der Waals surface area contributed by atoms with Gasteiger partial charge in [-0.05, 0) is 24.6 Å². The number of hydrogen-bond acceptors (Lipinski definition) is 6. The molecule has 2 heterocycles. The van der Waals surface area contributed by atoms with Crippen LogP contribution >= 0.6 is 11.3 Å². The maximum Gasteiger partial charge on any atom is 0.341 e. The molecule has 1 amide bonds. The molecule has 7 heteroatoms. The Kier molecular flexibility index (Phi) is 6.40. The molecular formula is C20H19NO5S. The predicted molar refractivity (Wildman–Crippen MR) is 103 cm³/mol. The van der Waals surface area contributed by atoms with Crippen molar-refractivity contribution in [3.8, 4) is 11.3 Å². The fourth-order valence-electron chi connectivity index (χ4n) is 2.47. The Morgan fingerprint density at radius 1 is 1.15 bits per heavy atom. The molecule has 0 saturated heterocycles. The van der Waals surface area contributed by atoms with Gasteiger partial charge in [-0.3, -0.25) is 4.79 Å². The van der Waals surface area contributed by atoms with Crippen LogP contribution in [-0.2, 0) is 20.9 Å². The number of thiophene rings is 1. The molecule has 140 valence electrons. The summed E-state index contributed by atoms with van der Waals surface area (Å²) in [5.41, 5.74) is 1.85. The summed E-state index contributed by atoms with van der Waals surface area (Å²) in [5, 5.41) is 4.90. The molecule has 0 aliphatic carbocycles. The van der Waals surface area contributed by atoms with Crippen molar-refractivity contribution >= 4 is 28.2 Å². The maximum atomic E-state index is 12.4. The fourth-order valence-corrected chi connectivity index (χ4v) is 3.42. The van der Waals surface area contributed by atoms with E-state index in [-0.39, 0.29) is 24.7 Å². The summed E-state index contributed by atoms with van der Waals surface area (Å²) in [6, 6.07) is 13.1. The first-order valence-electron chi connectivity index (χ1n) is 8.43. The third-order valence-electron chi connectivity index (χ3n) is 3.65. The van der Waals surface area contributed by atoms with Crippen molar-refractivity contribution < 1.29 is 23.5 Å². The minimum atomic E-state index is -0.509. The smallest absolute Gasteiger partial charge is 0.341 e. The molecule has 3 rings (SSSR count). The van der Waals surface area contributed by atoms with Crippen molar-refractivity contribution in [1.29, 1.82) is 0 Å². The molecule has 0 aliphatic heterocycles. The van der Waals surface area contributed by atoms with Gasteiger partial charge in [-0.25, -0.2) is 4.79 Å². The molecule has 0 aliphatic rings. The molecule has 1 aromatic carbocycles. The van der Waals surface area contributed by atoms with Crippen LogP contribution in [0.25, 0.3) is 11.3 Å². The molecular weight excluding hydrogens is 366 g/mol. The molecule has 0 spiro atoms. The quantitative estimate of drug-likeness (QED) is 0.584. The van der Waals surface area contributed by atoms with Gasteiger partial charge in [0, 0.05) is 10.9 Å². The summed E-state index contributed by atoms with van der Waals surface area (Å²) >= 11 is 1.24. The van der Waals surface area contributed by atoms with Gasteiger partial charge in [-0.1, -0.05) is 30.3 Å². The lowest BCUT2D eigenvalue weighted by atomic mass is 10.1. The highest BCUT2D eigenvalue weighted by Crippen LogP contribution is 2.36. The molecule has 1 N–H and O–H groups in total. The van der Waals surface area contributed by atoms with Crippen LogP contribution < -0.4 is 5.32 Å². The summed E-state index contributed by atoms with van der Waals surface area (Å²) in [5.74, 6) is -0.315. The number of benzene rings is 1. The topological polar surface area (TPSA) is 77.8 Å². The lowest BCUT2D eigenvalue weighted by Crippen LogP contribution is -2.19. The van der Waals surface area contributed by atoms with E-state index in [9.17, 15) is 9.59 Å². The Hall–Kier alpha value is -2.90. The molecule has 27 heavy (non-hydrogen) atoms. The number of carbonyl (C=O) groups is 2. The highest BCUT2D eigenvalue weighted by molar-refractivity contribution is 7.15. The van der Waals surface area contributed by atoms with Gasteiger partial charge in [-0.15, -0.1) is 11.3 Å². The number of furan rings is 1. The highest BCUT2D eigenvalue weighted by atomic mass is 32.1. The first-order valence-corrected chi connectivity index (χ1v) is 9.31. The number of rotatable bonds is 8. The van der Waals surface area contributed by atoms with E-state index in [1.54, 1.807) is 24.4 Å². The minimum absolute atomic E-state index is 0.120. The molecule has 2 aromatic heterocycles. The second kappa shape index (κ2) is 9.16. The third kappa shape index (κ3) is 4.84. The second-order valence-electron chi connectivity index (χ2n) is 5.58. The van der Waals surface area contributed by atoms with Crippen LogP contribution in [0.5, 0.6) is 0 Å². The zero-order chi connectivity index (χ0) is 19.1. The van der Waals surface area contributed by atoms with Gasteiger partial charge in [0.25, 0.3) is 5.91 Å². The maximum absolute atomic E-state index is 12.4. The lowest BCUT2D eigenvalue weighted by molar-refractivity contribution is -0.120. The summed E-state index contributed by atoms with van der Waals surface area (Å²) in [7, 11) is 0. The molecule has 3 aromatic rings. The number of anilines is 1. The van der Waals surface area contributed by atoms with Crippen molar-refractivity contribution in [2.75, 3.05) is 18.5 Å². The van der Waals surface area contributed by atoms with Crippen molar-refractivity contribution in [2.24, 2.45) is 0 Å². The Bertz CT molecular complexity index is 887. The van der Waals surface area contributed by atoms with Gasteiger partial charge in [0.1, 0.15) is 22.9 Å². The molecule has 0 saturated carbocycles. The standard InChI is InChI=1S/C20H19NO5S/c1-2-25-20(23)18-15(16-9-6-10-26-16)13-27-19(18)21-17(22)12-24-11-14-7-4-3-5-8-14/h3-10,13H,2,11-12H2,1H3,(H,21,22). The first kappa shape index (κ1) is 18.9. The first-order chi connectivity index (χ1) is 13.2. The molecule has 0 fully saturated rings. The predicted octanol–water partition coefficient (Wildman–Crippen LogP) is 4.34. The van der Waals surface area contributed by atoms with Crippen molar-refractivity contribution in [2.45, 2.75) is 13.5 Å². The van der Waals surface area contributed by atoms with Gasteiger partial charge in [0.15, 0.2) is 0 Å². The Morgan fingerprint density at radius 3 is 2.67 bits per heavy atom. The number of esters is 1. The van der Waals surface area contributed by atoms with E-state index >= 15 is 0 Å². The Labute approximate surface area is 160 Å². The van der Waals surface area contributed by atoms with E-state index in [1.807, 2.05) is 30.3 Å². The average molecular weight is 385 g/mol. The van der Waals surface area contributed by atoms with Crippen LogP contribution in [0.4, 0.5) is 5.00 Å². The van der Waals surface area contributed by atoms with Gasteiger partial charge < -0.3 is 19.2 Å². The SMILES string of the molecule is CCOC(=O)c1c(-c2ccco2)csc1NC(=O)COCc1ccccc1. The van der Waals surface area contributed by atoms with E-state index in [1.165, 1.54) is 17.6 Å². The van der Waals surface area contributed by atoms with Crippen LogP contribution in [0.1, 0.15) is 22.8 Å². The van der Waals surface area contributed by atoms with Crippen molar-refractivity contribution in [1.82, 2.24) is 0 Å². The van der Waals surface area contributed by atoms with E-state index in [2.05, 4.69) is 5.32 Å². The lowest BCUT2D eigenvalue weighted by Gasteiger charge is -2.08. The molecule has 0 bridgehead atoms. The fraction of sp³-hybridized carbons (Fsp3) is 0.200. The number of carbonyl (C=O) groups excluding carboxylic acids is 2. The zero-order valence-corrected chi connectivity index (χ0v) is 15.6. The summed E-state index contributed by atoms with van der Waals surface area (Å²) in [6.45, 7) is 2.18. The Balaban J connectivity index is 1.68. The van der Waals surface area contributed by atoms with Crippen LogP contribution in [0.2, 0.25) is 0 Å². The van der Waals surface area contributed by atoms with Gasteiger partial charge in [0.2, 0.25) is 0 Å². The van der Waals surface area contributed by atoms with Crippen LogP contribution in [0, 0.1) is 0 Å². The van der Waals surface area contributed by atoms with E-state index < -0.39 is 5.97 Å². The van der Waals surface area contributed by atoms with Gasteiger partial charge in [0.05, 0.1) is 19.5 Å². The van der Waals surface area contributed by atoms with E-state index in [4.69, 9.17) is 13.9 Å². The second-order valence-corrected chi connectivity index (χ2v) is 6.46. The number of nitrogens with one attached hydrogen (secondary N) is 1. The van der Waals surface area contributed by atoms with Gasteiger partial charge >= 0.3 is 5.97 Å². The van der Waals surface area contributed by atoms with E-state index in [0.29, 0.717) is 22.9 Å². The normalized spacial score (nSPS) is 10.6. The van der Waals surface area contributed by atoms with Crippen LogP contribution in [0.3, 0.4) is 0 Å². The van der Waals surface area contributed by atoms with Crippen LogP contribution in [-0.4, -0.2) is 25.1 Å². The third-order valence-corrected chi connectivity index (χ3v) is 4.55. The minimum Gasteiger partial charge on any atom is -0.464 e. The summed E-state index contributed by atoms with van der Waals surface area (Å²) in [6.07, 6.45) is 1.53. The number of amides is 1. The van der Waals surface area contributed by atoms with Crippen molar-refractivity contribution in [3.05, 3.63) is 65.2 Å².